The molecule has 0 fully saturated rings. The Kier molecular flexibility index (Phi) is 8.82. The second-order valence-corrected chi connectivity index (χ2v) is 21.2. The number of ether oxygens (including phenoxy) is 2. The molecule has 15 rings (SSSR count). The van der Waals surface area contributed by atoms with Gasteiger partial charge in [0, 0.05) is 49.8 Å². The van der Waals surface area contributed by atoms with E-state index in [1.807, 2.05) is 0 Å². The lowest BCUT2D eigenvalue weighted by Gasteiger charge is -2.35. The number of rotatable bonds is 6. The Bertz CT molecular complexity index is 3750. The van der Waals surface area contributed by atoms with Gasteiger partial charge in [-0.05, 0) is 151 Å². The van der Waals surface area contributed by atoms with E-state index in [0.717, 1.165) is 62.6 Å². The van der Waals surface area contributed by atoms with E-state index in [-0.39, 0.29) is 17.5 Å². The summed E-state index contributed by atoms with van der Waals surface area (Å²) in [5, 5.41) is 4.87. The lowest BCUT2D eigenvalue weighted by Crippen LogP contribution is -2.57. The number of nitrogens with zero attached hydrogens (tertiary/aromatic N) is 2. The van der Waals surface area contributed by atoms with Crippen LogP contribution in [0.15, 0.2) is 224 Å². The first-order valence-corrected chi connectivity index (χ1v) is 25.5. The molecule has 5 heteroatoms. The number of para-hydroxylation sites is 4. The fourth-order valence-corrected chi connectivity index (χ4v) is 13.1. The Hall–Kier alpha value is -8.80. The third-order valence-corrected chi connectivity index (χ3v) is 16.5. The average molecular weight is 937 g/mol. The van der Waals surface area contributed by atoms with Crippen molar-refractivity contribution >= 4 is 78.8 Å². The minimum Gasteiger partial charge on any atom is -0.458 e. The fourth-order valence-electron chi connectivity index (χ4n) is 13.1. The molecule has 0 atom stereocenters. The highest BCUT2D eigenvalue weighted by Crippen LogP contribution is 2.58. The van der Waals surface area contributed by atoms with Crippen molar-refractivity contribution in [2.75, 3.05) is 9.80 Å². The van der Waals surface area contributed by atoms with E-state index in [1.54, 1.807) is 0 Å². The van der Waals surface area contributed by atoms with Gasteiger partial charge in [-0.25, -0.2) is 0 Å². The minimum atomic E-state index is -0.334. The number of hydrogen-bond acceptors (Lipinski definition) is 4. The van der Waals surface area contributed by atoms with Crippen molar-refractivity contribution in [2.45, 2.75) is 38.5 Å². The van der Waals surface area contributed by atoms with Crippen LogP contribution in [0.5, 0.6) is 23.0 Å². The highest BCUT2D eigenvalue weighted by Gasteiger charge is 2.47. The lowest BCUT2D eigenvalue weighted by atomic mass is 9.34. The van der Waals surface area contributed by atoms with Crippen LogP contribution >= 0.6 is 0 Å². The first-order chi connectivity index (χ1) is 35.7. The maximum atomic E-state index is 7.09. The van der Waals surface area contributed by atoms with Crippen molar-refractivity contribution in [3.8, 4) is 45.3 Å². The molecule has 2 aliphatic carbocycles. The van der Waals surface area contributed by atoms with E-state index in [4.69, 9.17) is 9.47 Å². The Morgan fingerprint density at radius 1 is 0.329 bits per heavy atom. The van der Waals surface area contributed by atoms with E-state index in [2.05, 4.69) is 262 Å². The fraction of sp³-hybridized carbons (Fsp3) is 0.0882. The highest BCUT2D eigenvalue weighted by molar-refractivity contribution is 6.98. The van der Waals surface area contributed by atoms with E-state index in [0.29, 0.717) is 0 Å². The van der Waals surface area contributed by atoms with Crippen LogP contribution in [-0.4, -0.2) is 6.71 Å². The average Bonchev–Trinajstić information content (AvgIpc) is 3.82. The summed E-state index contributed by atoms with van der Waals surface area (Å²) in [6, 6.07) is 81.8. The molecule has 0 radical (unpaired) electrons. The summed E-state index contributed by atoms with van der Waals surface area (Å²) < 4.78 is 14.2. The first-order valence-electron chi connectivity index (χ1n) is 25.5. The summed E-state index contributed by atoms with van der Waals surface area (Å²) in [6.07, 6.45) is 0. The molecular formula is C68H49BN2O2. The largest absolute Gasteiger partial charge is 0.458 e. The molecule has 4 nitrogen and oxygen atoms in total. The summed E-state index contributed by atoms with van der Waals surface area (Å²) in [6.45, 7) is 9.51. The predicted octanol–water partition coefficient (Wildman–Crippen LogP) is 16.3. The van der Waals surface area contributed by atoms with Gasteiger partial charge >= 0.3 is 0 Å². The molecule has 0 unspecified atom stereocenters. The first kappa shape index (κ1) is 41.9. The molecule has 0 N–H and O–H groups in total. The van der Waals surface area contributed by atoms with Crippen LogP contribution in [-0.2, 0) is 10.8 Å². The molecule has 0 bridgehead atoms. The van der Waals surface area contributed by atoms with Crippen LogP contribution in [0.3, 0.4) is 0 Å². The lowest BCUT2D eigenvalue weighted by molar-refractivity contribution is 0.464. The quantitative estimate of drug-likeness (QED) is 0.155. The molecule has 0 aromatic heterocycles. The molecular weight excluding hydrogens is 888 g/mol. The van der Waals surface area contributed by atoms with Gasteiger partial charge in [0.15, 0.2) is 0 Å². The van der Waals surface area contributed by atoms with E-state index in [9.17, 15) is 0 Å². The summed E-state index contributed by atoms with van der Waals surface area (Å²) >= 11 is 0. The molecule has 4 aliphatic rings. The third kappa shape index (κ3) is 5.97. The number of fused-ring (bicyclic) bond motifs is 14. The van der Waals surface area contributed by atoms with E-state index < -0.39 is 0 Å². The van der Waals surface area contributed by atoms with Gasteiger partial charge in [-0.15, -0.1) is 0 Å². The SMILES string of the molecule is CC1(C)c2cc3c(cc2-c2c1cc(N(c1ccccc1)c1ccccc1)c1ccccc21)Oc1cccc2c1B3c1cc3c(cc1O2)-c1c(cc(N(c2ccccc2)c2ccccc2)c2ccccc12)C3(C)C. The van der Waals surface area contributed by atoms with E-state index in [1.165, 1.54) is 77.0 Å². The van der Waals surface area contributed by atoms with Crippen molar-refractivity contribution in [1.82, 2.24) is 0 Å². The van der Waals surface area contributed by atoms with Crippen LogP contribution in [0.2, 0.25) is 0 Å². The number of benzene rings is 11. The topological polar surface area (TPSA) is 24.9 Å². The summed E-state index contributed by atoms with van der Waals surface area (Å²) in [5.41, 5.74) is 19.8. The molecule has 0 spiro atoms. The summed E-state index contributed by atoms with van der Waals surface area (Å²) in [7, 11) is 0. The monoisotopic (exact) mass is 936 g/mol. The van der Waals surface area contributed by atoms with Gasteiger partial charge in [-0.3, -0.25) is 0 Å². The Morgan fingerprint density at radius 3 is 1.04 bits per heavy atom. The third-order valence-electron chi connectivity index (χ3n) is 16.5. The van der Waals surface area contributed by atoms with Crippen molar-refractivity contribution in [1.29, 1.82) is 0 Å². The zero-order chi connectivity index (χ0) is 48.7. The minimum absolute atomic E-state index is 0.105. The van der Waals surface area contributed by atoms with Gasteiger partial charge in [0.1, 0.15) is 23.0 Å². The molecule has 11 aromatic rings. The maximum absolute atomic E-state index is 7.09. The molecule has 73 heavy (non-hydrogen) atoms. The van der Waals surface area contributed by atoms with Gasteiger partial charge in [0.25, 0.3) is 6.71 Å². The number of hydrogen-bond donors (Lipinski definition) is 0. The van der Waals surface area contributed by atoms with Crippen molar-refractivity contribution in [2.24, 2.45) is 0 Å². The molecule has 11 aromatic carbocycles. The van der Waals surface area contributed by atoms with Crippen LogP contribution in [0.1, 0.15) is 49.9 Å². The highest BCUT2D eigenvalue weighted by atomic mass is 16.5. The van der Waals surface area contributed by atoms with Gasteiger partial charge in [-0.2, -0.15) is 0 Å². The molecule has 0 saturated heterocycles. The molecule has 0 amide bonds. The molecule has 2 heterocycles. The second kappa shape index (κ2) is 15.4. The summed E-state index contributed by atoms with van der Waals surface area (Å²) in [4.78, 5) is 4.83. The van der Waals surface area contributed by atoms with Gasteiger partial charge in [0.2, 0.25) is 0 Å². The van der Waals surface area contributed by atoms with Crippen molar-refractivity contribution in [3.05, 3.63) is 247 Å². The van der Waals surface area contributed by atoms with Gasteiger partial charge < -0.3 is 19.3 Å². The predicted molar refractivity (Wildman–Crippen MR) is 304 cm³/mol. The zero-order valence-electron chi connectivity index (χ0n) is 41.2. The number of anilines is 6. The Balaban J connectivity index is 0.912. The van der Waals surface area contributed by atoms with Crippen LogP contribution in [0.4, 0.5) is 34.1 Å². The van der Waals surface area contributed by atoms with Crippen LogP contribution < -0.4 is 35.7 Å². The van der Waals surface area contributed by atoms with Crippen molar-refractivity contribution in [3.63, 3.8) is 0 Å². The summed E-state index contributed by atoms with van der Waals surface area (Å²) in [5.74, 6) is 3.49. The van der Waals surface area contributed by atoms with Crippen LogP contribution in [0.25, 0.3) is 43.8 Å². The van der Waals surface area contributed by atoms with Gasteiger partial charge in [-0.1, -0.05) is 167 Å². The molecule has 346 valence electrons. The normalized spacial score (nSPS) is 14.4. The maximum Gasteiger partial charge on any atom is 0.260 e. The standard InChI is InChI=1S/C68H49BN2O2/c1-67(2)52-38-56-62(36-50(52)64-48-32-19-17-30-46(48)58(40-54(64)67)70(42-22-9-5-10-23-42)43-24-11-6-12-25-43)72-60-34-21-35-61-66(60)69(56)57-39-53-51(37-63(57)73-61)65-49-33-20-18-31-47(49)59(41-55(65)68(53,3)4)71(44-26-13-7-14-27-44)45-28-15-8-16-29-45/h5-41H,1-4H3. The van der Waals surface area contributed by atoms with Gasteiger partial charge in [0.05, 0.1) is 11.4 Å². The molecule has 2 aliphatic heterocycles. The smallest absolute Gasteiger partial charge is 0.260 e. The molecule has 0 saturated carbocycles. The van der Waals surface area contributed by atoms with Crippen molar-refractivity contribution < 1.29 is 9.47 Å². The second-order valence-electron chi connectivity index (χ2n) is 21.2. The Morgan fingerprint density at radius 2 is 0.671 bits per heavy atom. The van der Waals surface area contributed by atoms with E-state index >= 15 is 0 Å². The van der Waals surface area contributed by atoms with Crippen LogP contribution in [0, 0.1) is 0 Å². The zero-order valence-corrected chi connectivity index (χ0v) is 41.2. The Labute approximate surface area is 426 Å².